The number of sulfonamides is 1. The maximum atomic E-state index is 12.5. The zero-order valence-corrected chi connectivity index (χ0v) is 13.2. The molecule has 1 N–H and O–H groups in total. The molecule has 2 aromatic rings. The van der Waals surface area contributed by atoms with E-state index in [4.69, 9.17) is 4.74 Å². The van der Waals surface area contributed by atoms with Crippen LogP contribution in [-0.4, -0.2) is 33.6 Å². The van der Waals surface area contributed by atoms with Gasteiger partial charge in [0.1, 0.15) is 18.2 Å². The number of aryl methyl sites for hydroxylation is 1. The largest absolute Gasteiger partial charge is 0.490 e. The molecule has 1 aromatic heterocycles. The molecule has 22 heavy (non-hydrogen) atoms. The first-order valence-electron chi connectivity index (χ1n) is 6.89. The fourth-order valence-electron chi connectivity index (χ4n) is 2.22. The minimum absolute atomic E-state index is 0.186. The number of anilines is 2. The molecular formula is C15H17N3O3S. The molecule has 2 heterocycles. The predicted octanol–water partition coefficient (Wildman–Crippen LogP) is 2.02. The van der Waals surface area contributed by atoms with Gasteiger partial charge in [-0.2, -0.15) is 0 Å². The van der Waals surface area contributed by atoms with Gasteiger partial charge in [-0.3, -0.25) is 4.72 Å². The van der Waals surface area contributed by atoms with Crippen LogP contribution in [-0.2, 0) is 10.0 Å². The number of hydrogen-bond acceptors (Lipinski definition) is 5. The number of rotatable bonds is 3. The van der Waals surface area contributed by atoms with E-state index < -0.39 is 10.0 Å². The van der Waals surface area contributed by atoms with Crippen molar-refractivity contribution in [3.05, 3.63) is 42.1 Å². The molecular weight excluding hydrogens is 302 g/mol. The molecule has 3 rings (SSSR count). The topological polar surface area (TPSA) is 71.5 Å². The summed E-state index contributed by atoms with van der Waals surface area (Å²) in [7, 11) is -1.77. The van der Waals surface area contributed by atoms with Gasteiger partial charge in [-0.15, -0.1) is 0 Å². The Kier molecular flexibility index (Phi) is 3.66. The van der Waals surface area contributed by atoms with Crippen LogP contribution in [0.15, 0.2) is 41.4 Å². The summed E-state index contributed by atoms with van der Waals surface area (Å²) in [4.78, 5) is 6.23. The lowest BCUT2D eigenvalue weighted by atomic mass is 10.2. The summed E-state index contributed by atoms with van der Waals surface area (Å²) in [6.07, 6.45) is 1.62. The van der Waals surface area contributed by atoms with Crippen LogP contribution in [0.1, 0.15) is 5.56 Å². The molecule has 0 fully saturated rings. The summed E-state index contributed by atoms with van der Waals surface area (Å²) in [6, 6.07) is 8.28. The first kappa shape index (κ1) is 14.6. The van der Waals surface area contributed by atoms with Gasteiger partial charge in [-0.1, -0.05) is 6.07 Å². The SMILES string of the molecule is Cc1ccc(NS(=O)(=O)c2ccc3c(c2)N(C)CCO3)nc1. The van der Waals surface area contributed by atoms with E-state index in [-0.39, 0.29) is 4.90 Å². The van der Waals surface area contributed by atoms with Gasteiger partial charge in [0.15, 0.2) is 0 Å². The normalized spacial score (nSPS) is 14.2. The van der Waals surface area contributed by atoms with Crippen LogP contribution < -0.4 is 14.4 Å². The van der Waals surface area contributed by atoms with Gasteiger partial charge in [0.25, 0.3) is 10.0 Å². The van der Waals surface area contributed by atoms with Crippen molar-refractivity contribution in [2.75, 3.05) is 29.8 Å². The van der Waals surface area contributed by atoms with E-state index in [1.165, 1.54) is 6.07 Å². The molecule has 0 saturated carbocycles. The summed E-state index contributed by atoms with van der Waals surface area (Å²) >= 11 is 0. The van der Waals surface area contributed by atoms with Crippen molar-refractivity contribution in [3.63, 3.8) is 0 Å². The smallest absolute Gasteiger partial charge is 0.263 e. The summed E-state index contributed by atoms with van der Waals surface area (Å²) in [5.41, 5.74) is 1.74. The van der Waals surface area contributed by atoms with Gasteiger partial charge in [0.2, 0.25) is 0 Å². The Hall–Kier alpha value is -2.28. The van der Waals surface area contributed by atoms with E-state index in [1.807, 2.05) is 18.9 Å². The monoisotopic (exact) mass is 319 g/mol. The van der Waals surface area contributed by atoms with E-state index in [2.05, 4.69) is 9.71 Å². The lowest BCUT2D eigenvalue weighted by Crippen LogP contribution is -2.29. The maximum absolute atomic E-state index is 12.5. The minimum atomic E-state index is -3.68. The molecule has 1 aromatic carbocycles. The highest BCUT2D eigenvalue weighted by atomic mass is 32.2. The summed E-state index contributed by atoms with van der Waals surface area (Å²) in [5.74, 6) is 0.995. The van der Waals surface area contributed by atoms with Crippen molar-refractivity contribution >= 4 is 21.5 Å². The maximum Gasteiger partial charge on any atom is 0.263 e. The highest BCUT2D eigenvalue weighted by Crippen LogP contribution is 2.33. The fraction of sp³-hybridized carbons (Fsp3) is 0.267. The molecule has 0 spiro atoms. The van der Waals surface area contributed by atoms with Gasteiger partial charge in [-0.05, 0) is 36.8 Å². The second-order valence-corrected chi connectivity index (χ2v) is 6.91. The Balaban J connectivity index is 1.92. The highest BCUT2D eigenvalue weighted by molar-refractivity contribution is 7.92. The average Bonchev–Trinajstić information content (AvgIpc) is 2.49. The molecule has 0 unspecified atom stereocenters. The van der Waals surface area contributed by atoms with Crippen molar-refractivity contribution in [1.82, 2.24) is 4.98 Å². The van der Waals surface area contributed by atoms with Gasteiger partial charge >= 0.3 is 0 Å². The van der Waals surface area contributed by atoms with E-state index in [0.29, 0.717) is 18.2 Å². The number of nitrogens with zero attached hydrogens (tertiary/aromatic N) is 2. The molecule has 0 saturated heterocycles. The van der Waals surface area contributed by atoms with E-state index in [9.17, 15) is 8.42 Å². The van der Waals surface area contributed by atoms with Gasteiger partial charge < -0.3 is 9.64 Å². The molecule has 0 radical (unpaired) electrons. The first-order chi connectivity index (χ1) is 10.5. The minimum Gasteiger partial charge on any atom is -0.490 e. The van der Waals surface area contributed by atoms with Crippen molar-refractivity contribution in [1.29, 1.82) is 0 Å². The Morgan fingerprint density at radius 2 is 2.09 bits per heavy atom. The van der Waals surface area contributed by atoms with Gasteiger partial charge in [0.05, 0.1) is 17.1 Å². The quantitative estimate of drug-likeness (QED) is 0.937. The Labute approximate surface area is 129 Å². The Bertz CT molecular complexity index is 788. The summed E-state index contributed by atoms with van der Waals surface area (Å²) in [5, 5.41) is 0. The third-order valence-electron chi connectivity index (χ3n) is 3.49. The summed E-state index contributed by atoms with van der Waals surface area (Å²) in [6.45, 7) is 3.22. The summed E-state index contributed by atoms with van der Waals surface area (Å²) < 4.78 is 32.9. The lowest BCUT2D eigenvalue weighted by molar-refractivity contribution is 0.311. The van der Waals surface area contributed by atoms with Crippen molar-refractivity contribution in [2.24, 2.45) is 0 Å². The highest BCUT2D eigenvalue weighted by Gasteiger charge is 2.21. The molecule has 0 aliphatic carbocycles. The third kappa shape index (κ3) is 2.85. The second-order valence-electron chi connectivity index (χ2n) is 5.23. The number of benzene rings is 1. The fourth-order valence-corrected chi connectivity index (χ4v) is 3.25. The van der Waals surface area contributed by atoms with Crippen LogP contribution >= 0.6 is 0 Å². The number of likely N-dealkylation sites (N-methyl/N-ethyl adjacent to an activating group) is 1. The van der Waals surface area contributed by atoms with Crippen LogP contribution in [0.2, 0.25) is 0 Å². The van der Waals surface area contributed by atoms with Crippen LogP contribution in [0.25, 0.3) is 0 Å². The zero-order chi connectivity index (χ0) is 15.7. The molecule has 116 valence electrons. The van der Waals surface area contributed by atoms with E-state index in [0.717, 1.165) is 17.8 Å². The van der Waals surface area contributed by atoms with Crippen molar-refractivity contribution in [2.45, 2.75) is 11.8 Å². The molecule has 7 heteroatoms. The lowest BCUT2D eigenvalue weighted by Gasteiger charge is -2.28. The molecule has 0 atom stereocenters. The molecule has 1 aliphatic rings. The number of fused-ring (bicyclic) bond motifs is 1. The van der Waals surface area contributed by atoms with Crippen LogP contribution in [0.3, 0.4) is 0 Å². The molecule has 1 aliphatic heterocycles. The average molecular weight is 319 g/mol. The van der Waals surface area contributed by atoms with Crippen molar-refractivity contribution in [3.8, 4) is 5.75 Å². The Morgan fingerprint density at radius 3 is 2.82 bits per heavy atom. The standard InChI is InChI=1S/C15H17N3O3S/c1-11-3-6-15(16-10-11)17-22(19,20)12-4-5-14-13(9-12)18(2)7-8-21-14/h3-6,9-10H,7-8H2,1-2H3,(H,16,17). The number of nitrogens with one attached hydrogen (secondary N) is 1. The molecule has 6 nitrogen and oxygen atoms in total. The second kappa shape index (κ2) is 5.49. The van der Waals surface area contributed by atoms with E-state index in [1.54, 1.807) is 30.5 Å². The van der Waals surface area contributed by atoms with E-state index >= 15 is 0 Å². The van der Waals surface area contributed by atoms with Crippen molar-refractivity contribution < 1.29 is 13.2 Å². The zero-order valence-electron chi connectivity index (χ0n) is 12.4. The Morgan fingerprint density at radius 1 is 1.27 bits per heavy atom. The number of aromatic nitrogens is 1. The number of hydrogen-bond donors (Lipinski definition) is 1. The van der Waals surface area contributed by atoms with Crippen LogP contribution in [0.4, 0.5) is 11.5 Å². The van der Waals surface area contributed by atoms with Crippen LogP contribution in [0.5, 0.6) is 5.75 Å². The molecule has 0 amide bonds. The predicted molar refractivity (Wildman–Crippen MR) is 85.0 cm³/mol. The number of ether oxygens (including phenoxy) is 1. The third-order valence-corrected chi connectivity index (χ3v) is 4.84. The van der Waals surface area contributed by atoms with Crippen LogP contribution in [0, 0.1) is 6.92 Å². The van der Waals surface area contributed by atoms with Gasteiger partial charge in [-0.25, -0.2) is 13.4 Å². The molecule has 0 bridgehead atoms. The number of pyridine rings is 1. The first-order valence-corrected chi connectivity index (χ1v) is 8.37. The van der Waals surface area contributed by atoms with Gasteiger partial charge in [0, 0.05) is 13.2 Å².